The van der Waals surface area contributed by atoms with Gasteiger partial charge in [-0.05, 0) is 54.0 Å². The van der Waals surface area contributed by atoms with Gasteiger partial charge in [-0.15, -0.1) is 0 Å². The molecule has 2 aliphatic heterocycles. The summed E-state index contributed by atoms with van der Waals surface area (Å²) in [5, 5.41) is 10.9. The van der Waals surface area contributed by atoms with Gasteiger partial charge < -0.3 is 19.3 Å². The second-order valence-electron chi connectivity index (χ2n) is 9.28. The second kappa shape index (κ2) is 7.38. The third-order valence-electron chi connectivity index (χ3n) is 7.41. The summed E-state index contributed by atoms with van der Waals surface area (Å²) in [5.41, 5.74) is 4.29. The number of aliphatic hydroxyl groups excluding tert-OH is 1. The zero-order valence-electron chi connectivity index (χ0n) is 17.5. The number of rotatable bonds is 3. The summed E-state index contributed by atoms with van der Waals surface area (Å²) in [5.74, 6) is 1.94. The molecule has 1 N–H and O–H groups in total. The molecule has 2 fully saturated rings. The summed E-state index contributed by atoms with van der Waals surface area (Å²) < 4.78 is 7.71. The maximum absolute atomic E-state index is 13.0. The number of amides is 1. The van der Waals surface area contributed by atoms with Gasteiger partial charge in [-0.3, -0.25) is 4.79 Å². The van der Waals surface area contributed by atoms with Gasteiger partial charge in [-0.25, -0.2) is 4.98 Å². The number of para-hydroxylation sites is 2. The molecule has 6 nitrogen and oxygen atoms in total. The molecule has 3 heterocycles. The Balaban J connectivity index is 1.16. The van der Waals surface area contributed by atoms with Crippen molar-refractivity contribution in [1.82, 2.24) is 14.5 Å². The fraction of sp³-hybridized carbons (Fsp3) is 0.440. The quantitative estimate of drug-likeness (QED) is 0.712. The van der Waals surface area contributed by atoms with Gasteiger partial charge in [0, 0.05) is 19.5 Å². The molecule has 1 amide bonds. The van der Waals surface area contributed by atoms with E-state index in [-0.39, 0.29) is 11.9 Å². The van der Waals surface area contributed by atoms with Crippen molar-refractivity contribution in [1.29, 1.82) is 0 Å². The monoisotopic (exact) mass is 417 g/mol. The number of hydrogen-bond acceptors (Lipinski definition) is 4. The van der Waals surface area contributed by atoms with Crippen LogP contribution in [0.25, 0.3) is 11.0 Å². The summed E-state index contributed by atoms with van der Waals surface area (Å²) in [6, 6.07) is 14.2. The number of carbonyl (C=O) groups is 1. The first-order valence-corrected chi connectivity index (χ1v) is 11.3. The summed E-state index contributed by atoms with van der Waals surface area (Å²) in [6.07, 6.45) is 4.42. The molecular weight excluding hydrogens is 390 g/mol. The predicted molar refractivity (Wildman–Crippen MR) is 117 cm³/mol. The fourth-order valence-corrected chi connectivity index (χ4v) is 5.79. The van der Waals surface area contributed by atoms with E-state index in [0.717, 1.165) is 61.3 Å². The van der Waals surface area contributed by atoms with Crippen LogP contribution in [0.3, 0.4) is 0 Å². The van der Waals surface area contributed by atoms with Gasteiger partial charge in [0.2, 0.25) is 5.91 Å². The van der Waals surface area contributed by atoms with Crippen LogP contribution in [0.5, 0.6) is 5.75 Å². The normalized spacial score (nSPS) is 27.2. The molecular formula is C25H27N3O3. The topological polar surface area (TPSA) is 67.6 Å². The van der Waals surface area contributed by atoms with Crippen molar-refractivity contribution in [3.63, 3.8) is 0 Å². The van der Waals surface area contributed by atoms with E-state index >= 15 is 0 Å². The van der Waals surface area contributed by atoms with Crippen molar-refractivity contribution < 1.29 is 14.6 Å². The van der Waals surface area contributed by atoms with Crippen LogP contribution in [0.4, 0.5) is 0 Å². The van der Waals surface area contributed by atoms with E-state index in [2.05, 4.69) is 21.7 Å². The number of benzene rings is 2. The highest BCUT2D eigenvalue weighted by Crippen LogP contribution is 2.42. The van der Waals surface area contributed by atoms with Crippen molar-refractivity contribution in [3.8, 4) is 5.75 Å². The lowest BCUT2D eigenvalue weighted by molar-refractivity contribution is -0.129. The van der Waals surface area contributed by atoms with Crippen LogP contribution in [-0.4, -0.2) is 51.3 Å². The minimum absolute atomic E-state index is 0.0143. The first-order valence-electron chi connectivity index (χ1n) is 11.3. The molecule has 3 aromatic rings. The lowest BCUT2D eigenvalue weighted by Gasteiger charge is -2.36. The average Bonchev–Trinajstić information content (AvgIpc) is 3.50. The summed E-state index contributed by atoms with van der Waals surface area (Å²) in [4.78, 5) is 19.6. The standard InChI is InChI=1S/C25H27N3O3/c29-23-12-19-14-27(25(30)10-16-5-6-24-17(9-16)7-8-31-24)13-18(19)11-22(23)28-15-26-20-3-1-2-4-21(20)28/h1-6,9,15,18-19,22-23,29H,7-8,10-14H2/t18-,19+,22-,23-/m1/s1. The molecule has 6 heteroatoms. The Bertz CT molecular complexity index is 1140. The number of aliphatic hydroxyl groups is 1. The van der Waals surface area contributed by atoms with E-state index in [1.54, 1.807) is 0 Å². The third kappa shape index (κ3) is 3.30. The van der Waals surface area contributed by atoms with E-state index in [1.807, 2.05) is 41.6 Å². The first kappa shape index (κ1) is 18.9. The molecule has 2 aromatic carbocycles. The molecule has 31 heavy (non-hydrogen) atoms. The van der Waals surface area contributed by atoms with Crippen LogP contribution in [0.1, 0.15) is 30.0 Å². The molecule has 3 aliphatic rings. The Morgan fingerprint density at radius 1 is 1.13 bits per heavy atom. The maximum atomic E-state index is 13.0. The zero-order chi connectivity index (χ0) is 20.9. The van der Waals surface area contributed by atoms with Crippen molar-refractivity contribution in [3.05, 3.63) is 59.9 Å². The number of carbonyl (C=O) groups excluding carboxylic acids is 1. The van der Waals surface area contributed by atoms with Gasteiger partial charge in [0.15, 0.2) is 0 Å². The van der Waals surface area contributed by atoms with E-state index in [1.165, 1.54) is 5.56 Å². The number of aromatic nitrogens is 2. The second-order valence-corrected chi connectivity index (χ2v) is 9.28. The largest absolute Gasteiger partial charge is 0.493 e. The minimum Gasteiger partial charge on any atom is -0.493 e. The Morgan fingerprint density at radius 3 is 2.87 bits per heavy atom. The minimum atomic E-state index is -0.411. The summed E-state index contributed by atoms with van der Waals surface area (Å²) in [7, 11) is 0. The van der Waals surface area contributed by atoms with E-state index in [4.69, 9.17) is 4.74 Å². The van der Waals surface area contributed by atoms with Crippen molar-refractivity contribution in [2.75, 3.05) is 19.7 Å². The molecule has 1 saturated carbocycles. The highest BCUT2D eigenvalue weighted by molar-refractivity contribution is 5.79. The molecule has 0 spiro atoms. The number of imidazole rings is 1. The summed E-state index contributed by atoms with van der Waals surface area (Å²) in [6.45, 7) is 2.28. The molecule has 4 atom stereocenters. The molecule has 6 rings (SSSR count). The van der Waals surface area contributed by atoms with Crippen LogP contribution in [0, 0.1) is 11.8 Å². The van der Waals surface area contributed by atoms with E-state index in [9.17, 15) is 9.90 Å². The number of likely N-dealkylation sites (tertiary alicyclic amines) is 1. The van der Waals surface area contributed by atoms with Crippen molar-refractivity contribution in [2.45, 2.75) is 37.8 Å². The smallest absolute Gasteiger partial charge is 0.227 e. The summed E-state index contributed by atoms with van der Waals surface area (Å²) >= 11 is 0. The lowest BCUT2D eigenvalue weighted by atomic mass is 9.77. The molecule has 160 valence electrons. The Labute approximate surface area is 181 Å². The molecule has 0 bridgehead atoms. The van der Waals surface area contributed by atoms with Gasteiger partial charge in [-0.2, -0.15) is 0 Å². The predicted octanol–water partition coefficient (Wildman–Crippen LogP) is 2.98. The molecule has 1 aromatic heterocycles. The highest BCUT2D eigenvalue weighted by atomic mass is 16.5. The Hall–Kier alpha value is -2.86. The van der Waals surface area contributed by atoms with Crippen LogP contribution in [0.2, 0.25) is 0 Å². The SMILES string of the molecule is O=C(Cc1ccc2c(c1)CCO2)N1C[C@H]2C[C@@H](n3cnc4ccccc43)[C@H](O)C[C@H]2C1. The first-order chi connectivity index (χ1) is 15.2. The highest BCUT2D eigenvalue weighted by Gasteiger charge is 2.43. The number of fused-ring (bicyclic) bond motifs is 3. The maximum Gasteiger partial charge on any atom is 0.227 e. The number of hydrogen-bond donors (Lipinski definition) is 1. The van der Waals surface area contributed by atoms with Crippen LogP contribution < -0.4 is 4.74 Å². The lowest BCUT2D eigenvalue weighted by Crippen LogP contribution is -2.36. The van der Waals surface area contributed by atoms with E-state index in [0.29, 0.717) is 18.3 Å². The van der Waals surface area contributed by atoms with Crippen LogP contribution in [0.15, 0.2) is 48.8 Å². The molecule has 0 radical (unpaired) electrons. The third-order valence-corrected chi connectivity index (χ3v) is 7.41. The Kier molecular flexibility index (Phi) is 4.49. The molecule has 0 unspecified atom stereocenters. The van der Waals surface area contributed by atoms with Gasteiger partial charge >= 0.3 is 0 Å². The molecule has 1 aliphatic carbocycles. The van der Waals surface area contributed by atoms with Crippen LogP contribution in [-0.2, 0) is 17.6 Å². The fourth-order valence-electron chi connectivity index (χ4n) is 5.79. The van der Waals surface area contributed by atoms with Gasteiger partial charge in [0.25, 0.3) is 0 Å². The number of ether oxygens (including phenoxy) is 1. The Morgan fingerprint density at radius 2 is 1.97 bits per heavy atom. The van der Waals surface area contributed by atoms with E-state index < -0.39 is 6.10 Å². The average molecular weight is 418 g/mol. The van der Waals surface area contributed by atoms with Crippen LogP contribution >= 0.6 is 0 Å². The van der Waals surface area contributed by atoms with Gasteiger partial charge in [0.1, 0.15) is 5.75 Å². The molecule has 1 saturated heterocycles. The van der Waals surface area contributed by atoms with Crippen molar-refractivity contribution in [2.24, 2.45) is 11.8 Å². The van der Waals surface area contributed by atoms with Gasteiger partial charge in [0.05, 0.1) is 42.5 Å². The van der Waals surface area contributed by atoms with Crippen molar-refractivity contribution >= 4 is 16.9 Å². The van der Waals surface area contributed by atoms with Gasteiger partial charge in [-0.1, -0.05) is 24.3 Å². The zero-order valence-corrected chi connectivity index (χ0v) is 17.5. The number of nitrogens with zero attached hydrogens (tertiary/aromatic N) is 3.